The Morgan fingerprint density at radius 2 is 2.18 bits per heavy atom. The lowest BCUT2D eigenvalue weighted by Gasteiger charge is -2.11. The monoisotopic (exact) mass is 234 g/mol. The maximum Gasteiger partial charge on any atom is 0.327 e. The zero-order valence-electron chi connectivity index (χ0n) is 10.4. The molecule has 1 aromatic carbocycles. The fraction of sp³-hybridized carbons (Fsp3) is 0.357. The van der Waals surface area contributed by atoms with Gasteiger partial charge < -0.3 is 9.84 Å². The normalized spacial score (nSPS) is 11.1. The van der Waals surface area contributed by atoms with Crippen molar-refractivity contribution in [3.8, 4) is 5.75 Å². The van der Waals surface area contributed by atoms with Crippen molar-refractivity contribution in [3.63, 3.8) is 0 Å². The summed E-state index contributed by atoms with van der Waals surface area (Å²) >= 11 is 0. The number of hydrogen-bond acceptors (Lipinski definition) is 2. The third-order valence-corrected chi connectivity index (χ3v) is 2.57. The van der Waals surface area contributed by atoms with Gasteiger partial charge in [-0.25, -0.2) is 4.79 Å². The number of benzene rings is 1. The molecule has 0 saturated heterocycles. The maximum atomic E-state index is 10.4. The minimum absolute atomic E-state index is 0.447. The number of aliphatic carboxylic acids is 1. The van der Waals surface area contributed by atoms with Crippen molar-refractivity contribution in [3.05, 3.63) is 41.5 Å². The second-order valence-electron chi connectivity index (χ2n) is 4.17. The van der Waals surface area contributed by atoms with E-state index in [-0.39, 0.29) is 0 Å². The van der Waals surface area contributed by atoms with Crippen molar-refractivity contribution in [2.24, 2.45) is 0 Å². The van der Waals surface area contributed by atoms with Crippen molar-refractivity contribution in [1.29, 1.82) is 0 Å². The van der Waals surface area contributed by atoms with Gasteiger partial charge in [-0.1, -0.05) is 32.1 Å². The molecular weight excluding hydrogens is 216 g/mol. The Balaban J connectivity index is 2.94. The number of rotatable bonds is 5. The average molecular weight is 234 g/mol. The first kappa shape index (κ1) is 13.3. The van der Waals surface area contributed by atoms with E-state index >= 15 is 0 Å². The van der Waals surface area contributed by atoms with Crippen LogP contribution in [0.1, 0.15) is 30.9 Å². The Morgan fingerprint density at radius 3 is 2.71 bits per heavy atom. The van der Waals surface area contributed by atoms with E-state index < -0.39 is 5.97 Å². The molecule has 0 heterocycles. The summed E-state index contributed by atoms with van der Waals surface area (Å²) in [7, 11) is 1.62. The Hall–Kier alpha value is -1.77. The molecule has 1 N–H and O–H groups in total. The smallest absolute Gasteiger partial charge is 0.327 e. The van der Waals surface area contributed by atoms with Gasteiger partial charge in [-0.2, -0.15) is 0 Å². The van der Waals surface area contributed by atoms with Gasteiger partial charge in [0.15, 0.2) is 0 Å². The van der Waals surface area contributed by atoms with Crippen LogP contribution >= 0.6 is 0 Å². The molecule has 3 heteroatoms. The lowest BCUT2D eigenvalue weighted by molar-refractivity contribution is -0.131. The van der Waals surface area contributed by atoms with E-state index in [2.05, 4.69) is 19.9 Å². The second kappa shape index (κ2) is 6.09. The highest BCUT2D eigenvalue weighted by molar-refractivity contribution is 5.79. The van der Waals surface area contributed by atoms with Gasteiger partial charge in [-0.3, -0.25) is 0 Å². The molecule has 0 bridgehead atoms. The SMILES string of the molecule is COc1ccc(C(C)C)cc1C/C=C/C(=O)O. The Labute approximate surface area is 102 Å². The first-order valence-corrected chi connectivity index (χ1v) is 5.61. The molecule has 0 atom stereocenters. The predicted octanol–water partition coefficient (Wildman–Crippen LogP) is 3.00. The molecule has 0 aliphatic rings. The molecule has 0 spiro atoms. The van der Waals surface area contributed by atoms with E-state index in [4.69, 9.17) is 9.84 Å². The molecule has 1 aromatic rings. The van der Waals surface area contributed by atoms with E-state index in [0.717, 1.165) is 17.4 Å². The van der Waals surface area contributed by atoms with Crippen molar-refractivity contribution < 1.29 is 14.6 Å². The van der Waals surface area contributed by atoms with Gasteiger partial charge >= 0.3 is 5.97 Å². The Morgan fingerprint density at radius 1 is 1.47 bits per heavy atom. The van der Waals surface area contributed by atoms with Crippen LogP contribution in [0.4, 0.5) is 0 Å². The van der Waals surface area contributed by atoms with Crippen LogP contribution in [0.2, 0.25) is 0 Å². The van der Waals surface area contributed by atoms with Crippen molar-refractivity contribution in [1.82, 2.24) is 0 Å². The summed E-state index contributed by atoms with van der Waals surface area (Å²) in [6.45, 7) is 4.25. The summed E-state index contributed by atoms with van der Waals surface area (Å²) in [5.74, 6) is 0.316. The van der Waals surface area contributed by atoms with Crippen molar-refractivity contribution in [2.75, 3.05) is 7.11 Å². The molecule has 1 rings (SSSR count). The number of carboxylic acids is 1. The summed E-state index contributed by atoms with van der Waals surface area (Å²) < 4.78 is 5.26. The van der Waals surface area contributed by atoms with Crippen molar-refractivity contribution in [2.45, 2.75) is 26.2 Å². The maximum absolute atomic E-state index is 10.4. The van der Waals surface area contributed by atoms with Crippen molar-refractivity contribution >= 4 is 5.97 Å². The van der Waals surface area contributed by atoms with E-state index in [9.17, 15) is 4.79 Å². The van der Waals surface area contributed by atoms with Crippen LogP contribution < -0.4 is 4.74 Å². The third-order valence-electron chi connectivity index (χ3n) is 2.57. The van der Waals surface area contributed by atoms with Crippen LogP contribution in [-0.4, -0.2) is 18.2 Å². The number of carbonyl (C=O) groups is 1. The van der Waals surface area contributed by atoms with Crippen LogP contribution in [0.3, 0.4) is 0 Å². The summed E-state index contributed by atoms with van der Waals surface area (Å²) in [5, 5.41) is 8.54. The highest BCUT2D eigenvalue weighted by Crippen LogP contribution is 2.24. The zero-order chi connectivity index (χ0) is 12.8. The van der Waals surface area contributed by atoms with Gasteiger partial charge in [-0.05, 0) is 29.5 Å². The van der Waals surface area contributed by atoms with Gasteiger partial charge in [0, 0.05) is 6.08 Å². The number of ether oxygens (including phenoxy) is 1. The summed E-state index contributed by atoms with van der Waals surface area (Å²) in [4.78, 5) is 10.4. The van der Waals surface area contributed by atoms with Gasteiger partial charge in [-0.15, -0.1) is 0 Å². The molecule has 17 heavy (non-hydrogen) atoms. The van der Waals surface area contributed by atoms with E-state index in [1.807, 2.05) is 12.1 Å². The fourth-order valence-electron chi connectivity index (χ4n) is 1.60. The molecular formula is C14H18O3. The molecule has 92 valence electrons. The fourth-order valence-corrected chi connectivity index (χ4v) is 1.60. The summed E-state index contributed by atoms with van der Waals surface area (Å²) in [6.07, 6.45) is 3.35. The predicted molar refractivity (Wildman–Crippen MR) is 67.6 cm³/mol. The average Bonchev–Trinajstić information content (AvgIpc) is 2.28. The molecule has 0 aliphatic heterocycles. The molecule has 0 fully saturated rings. The highest BCUT2D eigenvalue weighted by atomic mass is 16.5. The number of allylic oxidation sites excluding steroid dienone is 1. The molecule has 3 nitrogen and oxygen atoms in total. The van der Waals surface area contributed by atoms with Crippen LogP contribution in [-0.2, 0) is 11.2 Å². The summed E-state index contributed by atoms with van der Waals surface area (Å²) in [5.41, 5.74) is 2.24. The van der Waals surface area contributed by atoms with Crippen LogP contribution in [0.5, 0.6) is 5.75 Å². The van der Waals surface area contributed by atoms with E-state index in [1.54, 1.807) is 13.2 Å². The lowest BCUT2D eigenvalue weighted by atomic mass is 9.99. The highest BCUT2D eigenvalue weighted by Gasteiger charge is 2.05. The number of methoxy groups -OCH3 is 1. The minimum atomic E-state index is -0.927. The second-order valence-corrected chi connectivity index (χ2v) is 4.17. The first-order chi connectivity index (χ1) is 8.04. The van der Waals surface area contributed by atoms with Crippen LogP contribution in [0.25, 0.3) is 0 Å². The molecule has 0 aromatic heterocycles. The van der Waals surface area contributed by atoms with Gasteiger partial charge in [0.05, 0.1) is 7.11 Å². The molecule has 0 amide bonds. The summed E-state index contributed by atoms with van der Waals surface area (Å²) in [6, 6.07) is 6.03. The number of carboxylic acid groups (broad SMARTS) is 1. The molecule has 0 aliphatic carbocycles. The lowest BCUT2D eigenvalue weighted by Crippen LogP contribution is -1.95. The molecule has 0 unspecified atom stereocenters. The Kier molecular flexibility index (Phi) is 4.76. The number of hydrogen-bond donors (Lipinski definition) is 1. The molecule has 0 radical (unpaired) electrons. The topological polar surface area (TPSA) is 46.5 Å². The van der Waals surface area contributed by atoms with Gasteiger partial charge in [0.1, 0.15) is 5.75 Å². The molecule has 0 saturated carbocycles. The zero-order valence-corrected chi connectivity index (χ0v) is 10.4. The Bertz CT molecular complexity index is 419. The van der Waals surface area contributed by atoms with Gasteiger partial charge in [0.25, 0.3) is 0 Å². The van der Waals surface area contributed by atoms with Crippen LogP contribution in [0.15, 0.2) is 30.4 Å². The largest absolute Gasteiger partial charge is 0.496 e. The standard InChI is InChI=1S/C14H18O3/c1-10(2)11-7-8-13(17-3)12(9-11)5-4-6-14(15)16/h4,6-10H,5H2,1-3H3,(H,15,16)/b6-4+. The minimum Gasteiger partial charge on any atom is -0.496 e. The first-order valence-electron chi connectivity index (χ1n) is 5.61. The third kappa shape index (κ3) is 3.94. The van der Waals surface area contributed by atoms with Crippen LogP contribution in [0, 0.1) is 0 Å². The quantitative estimate of drug-likeness (QED) is 0.797. The van der Waals surface area contributed by atoms with Gasteiger partial charge in [0.2, 0.25) is 0 Å². The van der Waals surface area contributed by atoms with E-state index in [0.29, 0.717) is 12.3 Å². The van der Waals surface area contributed by atoms with E-state index in [1.165, 1.54) is 5.56 Å².